The molecule has 0 unspecified atom stereocenters. The molecule has 1 N–H and O–H groups in total. The van der Waals surface area contributed by atoms with Gasteiger partial charge in [0.2, 0.25) is 5.88 Å². The SMILES string of the molecule is CN=C(NCc1cccnc1OC)N1CCc2ccccc2C1.I. The van der Waals surface area contributed by atoms with Gasteiger partial charge in [-0.25, -0.2) is 4.98 Å². The van der Waals surface area contributed by atoms with Gasteiger partial charge in [-0.05, 0) is 23.6 Å². The normalized spacial score (nSPS) is 13.8. The number of ether oxygens (including phenoxy) is 1. The lowest BCUT2D eigenvalue weighted by Gasteiger charge is -2.31. The average molecular weight is 438 g/mol. The third kappa shape index (κ3) is 4.17. The first-order chi connectivity index (χ1) is 11.3. The van der Waals surface area contributed by atoms with Gasteiger partial charge in [0.15, 0.2) is 5.96 Å². The van der Waals surface area contributed by atoms with Crippen LogP contribution < -0.4 is 10.1 Å². The molecule has 0 saturated heterocycles. The molecule has 2 heterocycles. The Kier molecular flexibility index (Phi) is 6.84. The van der Waals surface area contributed by atoms with Crippen LogP contribution in [0.5, 0.6) is 5.88 Å². The molecule has 0 radical (unpaired) electrons. The number of guanidine groups is 1. The lowest BCUT2D eigenvalue weighted by molar-refractivity contribution is 0.375. The number of aliphatic imine (C=N–C) groups is 1. The van der Waals surface area contributed by atoms with Crippen molar-refractivity contribution in [2.24, 2.45) is 4.99 Å². The first kappa shape index (κ1) is 18.5. The standard InChI is InChI=1S/C18H22N4O.HI/c1-19-18(21-12-15-8-5-10-20-17(15)23-2)22-11-9-14-6-3-4-7-16(14)13-22;/h3-8,10H,9,11-13H2,1-2H3,(H,19,21);1H. The Bertz CT molecular complexity index is 705. The van der Waals surface area contributed by atoms with Crippen LogP contribution >= 0.6 is 24.0 Å². The van der Waals surface area contributed by atoms with Crippen LogP contribution in [0.1, 0.15) is 16.7 Å². The number of nitrogens with one attached hydrogen (secondary N) is 1. The van der Waals surface area contributed by atoms with Crippen molar-refractivity contribution in [2.45, 2.75) is 19.5 Å². The van der Waals surface area contributed by atoms with E-state index in [-0.39, 0.29) is 24.0 Å². The van der Waals surface area contributed by atoms with Gasteiger partial charge in [0.05, 0.1) is 7.11 Å². The second kappa shape index (κ2) is 8.86. The van der Waals surface area contributed by atoms with Gasteiger partial charge in [0.1, 0.15) is 0 Å². The van der Waals surface area contributed by atoms with Gasteiger partial charge in [0, 0.05) is 38.4 Å². The number of hydrogen-bond acceptors (Lipinski definition) is 3. The second-order valence-electron chi connectivity index (χ2n) is 5.51. The molecule has 1 aliphatic rings. The summed E-state index contributed by atoms with van der Waals surface area (Å²) in [6.07, 6.45) is 2.78. The molecule has 0 fully saturated rings. The van der Waals surface area contributed by atoms with Crippen molar-refractivity contribution in [3.05, 3.63) is 59.3 Å². The Morgan fingerprint density at radius 1 is 1.25 bits per heavy atom. The summed E-state index contributed by atoms with van der Waals surface area (Å²) >= 11 is 0. The molecular formula is C18H23IN4O. The van der Waals surface area contributed by atoms with Crippen LogP contribution in [0.2, 0.25) is 0 Å². The zero-order chi connectivity index (χ0) is 16.1. The first-order valence-electron chi connectivity index (χ1n) is 7.82. The van der Waals surface area contributed by atoms with Crippen LogP contribution in [-0.2, 0) is 19.5 Å². The Hall–Kier alpha value is -1.83. The summed E-state index contributed by atoms with van der Waals surface area (Å²) in [5, 5.41) is 3.42. The number of benzene rings is 1. The molecular weight excluding hydrogens is 415 g/mol. The number of aromatic nitrogens is 1. The predicted octanol–water partition coefficient (Wildman–Crippen LogP) is 2.84. The molecule has 0 atom stereocenters. The maximum absolute atomic E-state index is 5.30. The molecule has 5 nitrogen and oxygen atoms in total. The van der Waals surface area contributed by atoms with Crippen molar-refractivity contribution in [3.63, 3.8) is 0 Å². The number of nitrogens with zero attached hydrogens (tertiary/aromatic N) is 3. The average Bonchev–Trinajstić information content (AvgIpc) is 2.62. The minimum absolute atomic E-state index is 0. The molecule has 0 saturated carbocycles. The highest BCUT2D eigenvalue weighted by Gasteiger charge is 2.18. The Balaban J connectivity index is 0.00000208. The number of rotatable bonds is 3. The molecule has 0 aliphatic carbocycles. The summed E-state index contributed by atoms with van der Waals surface area (Å²) in [6.45, 7) is 2.50. The second-order valence-corrected chi connectivity index (χ2v) is 5.51. The van der Waals surface area contributed by atoms with Crippen molar-refractivity contribution in [1.29, 1.82) is 0 Å². The summed E-state index contributed by atoms with van der Waals surface area (Å²) < 4.78 is 5.30. The number of fused-ring (bicyclic) bond motifs is 1. The van der Waals surface area contributed by atoms with E-state index < -0.39 is 0 Å². The minimum Gasteiger partial charge on any atom is -0.481 e. The maximum atomic E-state index is 5.30. The lowest BCUT2D eigenvalue weighted by Crippen LogP contribution is -2.43. The largest absolute Gasteiger partial charge is 0.481 e. The van der Waals surface area contributed by atoms with E-state index in [1.54, 1.807) is 13.3 Å². The van der Waals surface area contributed by atoms with E-state index in [0.29, 0.717) is 12.4 Å². The topological polar surface area (TPSA) is 49.8 Å². The van der Waals surface area contributed by atoms with Crippen LogP contribution in [0.15, 0.2) is 47.6 Å². The van der Waals surface area contributed by atoms with Crippen molar-refractivity contribution in [1.82, 2.24) is 15.2 Å². The Morgan fingerprint density at radius 3 is 2.79 bits per heavy atom. The lowest BCUT2D eigenvalue weighted by atomic mass is 10.0. The molecule has 6 heteroatoms. The Morgan fingerprint density at radius 2 is 2.04 bits per heavy atom. The van der Waals surface area contributed by atoms with Crippen molar-refractivity contribution in [2.75, 3.05) is 20.7 Å². The molecule has 128 valence electrons. The first-order valence-corrected chi connectivity index (χ1v) is 7.82. The van der Waals surface area contributed by atoms with E-state index in [4.69, 9.17) is 4.74 Å². The van der Waals surface area contributed by atoms with Crippen LogP contribution in [-0.4, -0.2) is 36.5 Å². The highest BCUT2D eigenvalue weighted by molar-refractivity contribution is 14.0. The highest BCUT2D eigenvalue weighted by atomic mass is 127. The molecule has 0 bridgehead atoms. The summed E-state index contributed by atoms with van der Waals surface area (Å²) in [4.78, 5) is 10.9. The number of halogens is 1. The monoisotopic (exact) mass is 438 g/mol. The van der Waals surface area contributed by atoms with Gasteiger partial charge in [-0.15, -0.1) is 24.0 Å². The fourth-order valence-corrected chi connectivity index (χ4v) is 2.93. The van der Waals surface area contributed by atoms with Crippen LogP contribution in [0, 0.1) is 0 Å². The minimum atomic E-state index is 0. The molecule has 0 spiro atoms. The van der Waals surface area contributed by atoms with Gasteiger partial charge in [-0.3, -0.25) is 4.99 Å². The zero-order valence-electron chi connectivity index (χ0n) is 14.0. The van der Waals surface area contributed by atoms with E-state index in [1.165, 1.54) is 11.1 Å². The van der Waals surface area contributed by atoms with E-state index in [1.807, 2.05) is 19.2 Å². The van der Waals surface area contributed by atoms with E-state index in [0.717, 1.165) is 31.0 Å². The van der Waals surface area contributed by atoms with Gasteiger partial charge in [0.25, 0.3) is 0 Å². The number of methoxy groups -OCH3 is 1. The molecule has 3 rings (SSSR count). The van der Waals surface area contributed by atoms with Crippen molar-refractivity contribution < 1.29 is 4.74 Å². The van der Waals surface area contributed by atoms with Gasteiger partial charge in [-0.2, -0.15) is 0 Å². The van der Waals surface area contributed by atoms with Gasteiger partial charge >= 0.3 is 0 Å². The third-order valence-electron chi connectivity index (χ3n) is 4.12. The zero-order valence-corrected chi connectivity index (χ0v) is 16.4. The molecule has 1 aliphatic heterocycles. The molecule has 1 aromatic heterocycles. The van der Waals surface area contributed by atoms with E-state index in [2.05, 4.69) is 44.5 Å². The summed E-state index contributed by atoms with van der Waals surface area (Å²) in [5.74, 6) is 1.56. The fraction of sp³-hybridized carbons (Fsp3) is 0.333. The number of hydrogen-bond donors (Lipinski definition) is 1. The molecule has 0 amide bonds. The summed E-state index contributed by atoms with van der Waals surface area (Å²) in [5.41, 5.74) is 3.84. The van der Waals surface area contributed by atoms with Gasteiger partial charge < -0.3 is 15.0 Å². The van der Waals surface area contributed by atoms with E-state index >= 15 is 0 Å². The van der Waals surface area contributed by atoms with Crippen LogP contribution in [0.3, 0.4) is 0 Å². The smallest absolute Gasteiger partial charge is 0.218 e. The highest BCUT2D eigenvalue weighted by Crippen LogP contribution is 2.19. The van der Waals surface area contributed by atoms with Gasteiger partial charge in [-0.1, -0.05) is 30.3 Å². The molecule has 2 aromatic rings. The fourth-order valence-electron chi connectivity index (χ4n) is 2.93. The van der Waals surface area contributed by atoms with Crippen molar-refractivity contribution >= 4 is 29.9 Å². The third-order valence-corrected chi connectivity index (χ3v) is 4.12. The molecule has 24 heavy (non-hydrogen) atoms. The Labute approximate surface area is 160 Å². The van der Waals surface area contributed by atoms with E-state index in [9.17, 15) is 0 Å². The maximum Gasteiger partial charge on any atom is 0.218 e. The number of pyridine rings is 1. The van der Waals surface area contributed by atoms with Crippen molar-refractivity contribution in [3.8, 4) is 5.88 Å². The molecule has 1 aromatic carbocycles. The predicted molar refractivity (Wildman–Crippen MR) is 107 cm³/mol. The summed E-state index contributed by atoms with van der Waals surface area (Å²) in [7, 11) is 3.46. The van der Waals surface area contributed by atoms with Crippen LogP contribution in [0.4, 0.5) is 0 Å². The van der Waals surface area contributed by atoms with Crippen LogP contribution in [0.25, 0.3) is 0 Å². The quantitative estimate of drug-likeness (QED) is 0.455. The summed E-state index contributed by atoms with van der Waals surface area (Å²) in [6, 6.07) is 12.5.